The number of nitrogens with one attached hydrogen (secondary N) is 1. The average Bonchev–Trinajstić information content (AvgIpc) is 2.34. The Morgan fingerprint density at radius 2 is 1.84 bits per heavy atom. The zero-order valence-electron chi connectivity index (χ0n) is 11.3. The van der Waals surface area contributed by atoms with E-state index in [0.717, 1.165) is 18.6 Å². The summed E-state index contributed by atoms with van der Waals surface area (Å²) >= 11 is 0. The van der Waals surface area contributed by atoms with Gasteiger partial charge in [0.1, 0.15) is 0 Å². The molecule has 1 aromatic carbocycles. The minimum atomic E-state index is -1.44. The molecule has 19 heavy (non-hydrogen) atoms. The predicted molar refractivity (Wildman–Crippen MR) is 67.5 cm³/mol. The molecular formula is C14H18F3NO. The number of anilines is 1. The zero-order valence-corrected chi connectivity index (χ0v) is 11.3. The average molecular weight is 273 g/mol. The summed E-state index contributed by atoms with van der Waals surface area (Å²) in [4.78, 5) is 0. The summed E-state index contributed by atoms with van der Waals surface area (Å²) in [6.45, 7) is 6.64. The fourth-order valence-corrected chi connectivity index (χ4v) is 2.45. The van der Waals surface area contributed by atoms with Crippen molar-refractivity contribution in [1.29, 1.82) is 0 Å². The van der Waals surface area contributed by atoms with Crippen molar-refractivity contribution in [2.24, 2.45) is 5.41 Å². The highest BCUT2D eigenvalue weighted by molar-refractivity contribution is 5.46. The molecule has 0 amide bonds. The molecule has 0 aromatic heterocycles. The van der Waals surface area contributed by atoms with E-state index in [0.29, 0.717) is 6.61 Å². The van der Waals surface area contributed by atoms with Crippen LogP contribution in [0.25, 0.3) is 0 Å². The third-order valence-corrected chi connectivity index (χ3v) is 3.87. The van der Waals surface area contributed by atoms with E-state index < -0.39 is 17.5 Å². The Balaban J connectivity index is 2.07. The van der Waals surface area contributed by atoms with Crippen LogP contribution in [0.1, 0.15) is 27.2 Å². The molecule has 2 rings (SSSR count). The van der Waals surface area contributed by atoms with Gasteiger partial charge in [0.25, 0.3) is 0 Å². The molecule has 2 atom stereocenters. The van der Waals surface area contributed by atoms with E-state index >= 15 is 0 Å². The van der Waals surface area contributed by atoms with E-state index in [4.69, 9.17) is 4.74 Å². The van der Waals surface area contributed by atoms with Crippen LogP contribution in [-0.2, 0) is 4.74 Å². The van der Waals surface area contributed by atoms with Crippen LogP contribution in [0, 0.1) is 22.9 Å². The summed E-state index contributed by atoms with van der Waals surface area (Å²) in [5.41, 5.74) is 0.126. The number of ether oxygens (including phenoxy) is 1. The molecule has 2 unspecified atom stereocenters. The van der Waals surface area contributed by atoms with Gasteiger partial charge in [-0.1, -0.05) is 13.8 Å². The molecule has 0 spiro atoms. The molecule has 1 fully saturated rings. The van der Waals surface area contributed by atoms with Crippen LogP contribution in [0.15, 0.2) is 12.1 Å². The van der Waals surface area contributed by atoms with Crippen molar-refractivity contribution in [3.8, 4) is 0 Å². The second-order valence-electron chi connectivity index (χ2n) is 5.45. The van der Waals surface area contributed by atoms with E-state index in [-0.39, 0.29) is 23.2 Å². The lowest BCUT2D eigenvalue weighted by molar-refractivity contribution is -0.0976. The Bertz CT molecular complexity index is 453. The van der Waals surface area contributed by atoms with E-state index in [2.05, 4.69) is 5.32 Å². The lowest BCUT2D eigenvalue weighted by Crippen LogP contribution is -2.58. The quantitative estimate of drug-likeness (QED) is 0.844. The van der Waals surface area contributed by atoms with Gasteiger partial charge >= 0.3 is 0 Å². The van der Waals surface area contributed by atoms with Crippen molar-refractivity contribution in [1.82, 2.24) is 0 Å². The summed E-state index contributed by atoms with van der Waals surface area (Å²) in [6.07, 6.45) is 0.895. The summed E-state index contributed by atoms with van der Waals surface area (Å²) in [5.74, 6) is -3.80. The van der Waals surface area contributed by atoms with Gasteiger partial charge in [0, 0.05) is 35.9 Å². The van der Waals surface area contributed by atoms with Gasteiger partial charge in [-0.25, -0.2) is 13.2 Å². The van der Waals surface area contributed by atoms with Gasteiger partial charge in [-0.2, -0.15) is 0 Å². The van der Waals surface area contributed by atoms with Gasteiger partial charge in [0.2, 0.25) is 0 Å². The van der Waals surface area contributed by atoms with Gasteiger partial charge in [-0.05, 0) is 13.3 Å². The molecule has 0 aliphatic heterocycles. The van der Waals surface area contributed by atoms with Crippen LogP contribution in [0.4, 0.5) is 18.9 Å². The maximum atomic E-state index is 13.1. The number of halogens is 3. The van der Waals surface area contributed by atoms with Crippen molar-refractivity contribution in [3.05, 3.63) is 29.6 Å². The van der Waals surface area contributed by atoms with Crippen LogP contribution in [0.3, 0.4) is 0 Å². The summed E-state index contributed by atoms with van der Waals surface area (Å²) in [5, 5.41) is 3.04. The Hall–Kier alpha value is -1.23. The van der Waals surface area contributed by atoms with E-state index in [1.807, 2.05) is 20.8 Å². The normalized spacial score (nSPS) is 24.9. The number of benzene rings is 1. The third kappa shape index (κ3) is 2.56. The Morgan fingerprint density at radius 1 is 1.26 bits per heavy atom. The zero-order chi connectivity index (χ0) is 14.2. The molecule has 1 aliphatic carbocycles. The van der Waals surface area contributed by atoms with Gasteiger partial charge in [0.15, 0.2) is 17.5 Å². The molecular weight excluding hydrogens is 255 g/mol. The topological polar surface area (TPSA) is 21.3 Å². The maximum absolute atomic E-state index is 13.1. The monoisotopic (exact) mass is 273 g/mol. The Labute approximate surface area is 111 Å². The summed E-state index contributed by atoms with van der Waals surface area (Å²) in [6, 6.07) is 2.00. The first-order chi connectivity index (χ1) is 8.86. The third-order valence-electron chi connectivity index (χ3n) is 3.87. The second kappa shape index (κ2) is 5.04. The molecule has 106 valence electrons. The van der Waals surface area contributed by atoms with Gasteiger partial charge in [-0.3, -0.25) is 0 Å². The number of rotatable bonds is 4. The van der Waals surface area contributed by atoms with E-state index in [1.165, 1.54) is 0 Å². The fraction of sp³-hybridized carbons (Fsp3) is 0.571. The van der Waals surface area contributed by atoms with E-state index in [9.17, 15) is 13.2 Å². The largest absolute Gasteiger partial charge is 0.381 e. The fourth-order valence-electron chi connectivity index (χ4n) is 2.45. The van der Waals surface area contributed by atoms with Gasteiger partial charge in [-0.15, -0.1) is 0 Å². The standard InChI is InChI=1S/C14H18F3NO/c1-4-19-12-7-11(14(12,2)3)18-8-5-9(15)13(17)10(16)6-8/h5-6,11-12,18H,4,7H2,1-3H3. The van der Waals surface area contributed by atoms with Crippen LogP contribution < -0.4 is 5.32 Å². The van der Waals surface area contributed by atoms with Gasteiger partial charge in [0.05, 0.1) is 6.10 Å². The minimum Gasteiger partial charge on any atom is -0.381 e. The van der Waals surface area contributed by atoms with Crippen molar-refractivity contribution in [2.45, 2.75) is 39.3 Å². The molecule has 5 heteroatoms. The maximum Gasteiger partial charge on any atom is 0.194 e. The molecule has 0 heterocycles. The molecule has 1 saturated carbocycles. The highest BCUT2D eigenvalue weighted by Gasteiger charge is 2.48. The lowest BCUT2D eigenvalue weighted by Gasteiger charge is -2.52. The Morgan fingerprint density at radius 3 is 2.32 bits per heavy atom. The molecule has 1 aromatic rings. The van der Waals surface area contributed by atoms with Crippen LogP contribution >= 0.6 is 0 Å². The molecule has 0 radical (unpaired) electrons. The summed E-state index contributed by atoms with van der Waals surface area (Å²) < 4.78 is 44.7. The Kier molecular flexibility index (Phi) is 3.76. The molecule has 1 aliphatic rings. The minimum absolute atomic E-state index is 0.0494. The second-order valence-corrected chi connectivity index (χ2v) is 5.45. The smallest absolute Gasteiger partial charge is 0.194 e. The number of hydrogen-bond acceptors (Lipinski definition) is 2. The van der Waals surface area contributed by atoms with Gasteiger partial charge < -0.3 is 10.1 Å². The molecule has 1 N–H and O–H groups in total. The van der Waals surface area contributed by atoms with Crippen molar-refractivity contribution in [3.63, 3.8) is 0 Å². The molecule has 0 bridgehead atoms. The first-order valence-corrected chi connectivity index (χ1v) is 6.39. The number of hydrogen-bond donors (Lipinski definition) is 1. The van der Waals surface area contributed by atoms with Crippen LogP contribution in [-0.4, -0.2) is 18.8 Å². The molecule has 2 nitrogen and oxygen atoms in total. The highest BCUT2D eigenvalue weighted by Crippen LogP contribution is 2.44. The summed E-state index contributed by atoms with van der Waals surface area (Å²) in [7, 11) is 0. The van der Waals surface area contributed by atoms with Crippen LogP contribution in [0.5, 0.6) is 0 Å². The predicted octanol–water partition coefficient (Wildman–Crippen LogP) is 3.72. The molecule has 0 saturated heterocycles. The first kappa shape index (κ1) is 14.2. The highest BCUT2D eigenvalue weighted by atomic mass is 19.2. The van der Waals surface area contributed by atoms with E-state index in [1.54, 1.807) is 0 Å². The van der Waals surface area contributed by atoms with Crippen molar-refractivity contribution >= 4 is 5.69 Å². The van der Waals surface area contributed by atoms with Crippen molar-refractivity contribution in [2.75, 3.05) is 11.9 Å². The van der Waals surface area contributed by atoms with Crippen molar-refractivity contribution < 1.29 is 17.9 Å². The van der Waals surface area contributed by atoms with Crippen LogP contribution in [0.2, 0.25) is 0 Å². The lowest BCUT2D eigenvalue weighted by atomic mass is 9.64. The first-order valence-electron chi connectivity index (χ1n) is 6.39. The SMILES string of the molecule is CCOC1CC(Nc2cc(F)c(F)c(F)c2)C1(C)C.